The summed E-state index contributed by atoms with van der Waals surface area (Å²) >= 11 is 0. The molecule has 0 bridgehead atoms. The Morgan fingerprint density at radius 3 is 2.05 bits per heavy atom. The monoisotopic (exact) mass is 303 g/mol. The van der Waals surface area contributed by atoms with Crippen LogP contribution in [0.5, 0.6) is 0 Å². The molecule has 6 heteroatoms. The van der Waals surface area contributed by atoms with Crippen molar-refractivity contribution in [2.75, 3.05) is 27.2 Å². The lowest BCUT2D eigenvalue weighted by Crippen LogP contribution is -2.45. The predicted molar refractivity (Wildman–Crippen MR) is 82.7 cm³/mol. The maximum atomic E-state index is 12.1. The number of likely N-dealkylation sites (tertiary alicyclic amines) is 1. The summed E-state index contributed by atoms with van der Waals surface area (Å²) in [7, 11) is 3.33. The molecule has 0 spiro atoms. The second kappa shape index (κ2) is 7.06. The summed E-state index contributed by atoms with van der Waals surface area (Å²) in [6.45, 7) is 1.38. The summed E-state index contributed by atoms with van der Waals surface area (Å²) in [5.74, 6) is -0.573. The van der Waals surface area contributed by atoms with E-state index in [-0.39, 0.29) is 11.9 Å². The van der Waals surface area contributed by atoms with Gasteiger partial charge in [-0.3, -0.25) is 14.9 Å². The summed E-state index contributed by atoms with van der Waals surface area (Å²) in [5.41, 5.74) is 0.865. The summed E-state index contributed by atoms with van der Waals surface area (Å²) < 4.78 is 0. The second-order valence-electron chi connectivity index (χ2n) is 5.58. The zero-order valence-corrected chi connectivity index (χ0v) is 13.0. The normalized spacial score (nSPS) is 14.4. The topological polar surface area (TPSA) is 69.7 Å². The van der Waals surface area contributed by atoms with Crippen LogP contribution in [-0.4, -0.2) is 54.8 Å². The van der Waals surface area contributed by atoms with Gasteiger partial charge in [0.1, 0.15) is 0 Å². The van der Waals surface area contributed by atoms with Gasteiger partial charge in [0.2, 0.25) is 0 Å². The van der Waals surface area contributed by atoms with Gasteiger partial charge in [-0.05, 0) is 43.5 Å². The molecule has 1 N–H and O–H groups in total. The molecule has 0 aliphatic carbocycles. The minimum atomic E-state index is -0.445. The first kappa shape index (κ1) is 16.0. The molecule has 1 fully saturated rings. The number of amides is 4. The van der Waals surface area contributed by atoms with Crippen LogP contribution in [-0.2, 0) is 0 Å². The second-order valence-corrected chi connectivity index (χ2v) is 5.58. The molecule has 22 heavy (non-hydrogen) atoms. The number of nitrogens with one attached hydrogen (secondary N) is 1. The fraction of sp³-hybridized carbons (Fsp3) is 0.438. The molecule has 1 heterocycles. The van der Waals surface area contributed by atoms with Crippen LogP contribution in [0.1, 0.15) is 40.0 Å². The quantitative estimate of drug-likeness (QED) is 0.904. The van der Waals surface area contributed by atoms with E-state index in [9.17, 15) is 14.4 Å². The number of imide groups is 1. The average Bonchev–Trinajstić information content (AvgIpc) is 2.55. The van der Waals surface area contributed by atoms with Gasteiger partial charge in [-0.25, -0.2) is 4.79 Å². The van der Waals surface area contributed by atoms with Crippen molar-refractivity contribution in [3.05, 3.63) is 35.4 Å². The molecular weight excluding hydrogens is 282 g/mol. The lowest BCUT2D eigenvalue weighted by Gasteiger charge is -2.26. The highest BCUT2D eigenvalue weighted by Gasteiger charge is 2.19. The Labute approximate surface area is 130 Å². The molecule has 1 aromatic carbocycles. The predicted octanol–water partition coefficient (Wildman–Crippen LogP) is 1.72. The summed E-state index contributed by atoms with van der Waals surface area (Å²) in [5, 5.41) is 2.39. The molecule has 0 atom stereocenters. The largest absolute Gasteiger partial charge is 0.345 e. The Balaban J connectivity index is 1.97. The van der Waals surface area contributed by atoms with E-state index < -0.39 is 5.91 Å². The van der Waals surface area contributed by atoms with E-state index in [0.717, 1.165) is 19.3 Å². The number of carbonyl (C=O) groups excluding carboxylic acids is 3. The average molecular weight is 303 g/mol. The number of nitrogens with zero attached hydrogens (tertiary/aromatic N) is 2. The highest BCUT2D eigenvalue weighted by molar-refractivity contribution is 6.04. The van der Waals surface area contributed by atoms with Crippen LogP contribution in [0.2, 0.25) is 0 Å². The van der Waals surface area contributed by atoms with E-state index in [0.29, 0.717) is 24.2 Å². The number of benzene rings is 1. The molecule has 1 aromatic rings. The van der Waals surface area contributed by atoms with Crippen molar-refractivity contribution < 1.29 is 14.4 Å². The van der Waals surface area contributed by atoms with Crippen LogP contribution in [0.4, 0.5) is 4.79 Å². The molecule has 0 unspecified atom stereocenters. The van der Waals surface area contributed by atoms with Crippen LogP contribution in [0.3, 0.4) is 0 Å². The van der Waals surface area contributed by atoms with Crippen LogP contribution >= 0.6 is 0 Å². The van der Waals surface area contributed by atoms with Crippen molar-refractivity contribution in [3.63, 3.8) is 0 Å². The number of hydrogen-bond donors (Lipinski definition) is 1. The van der Waals surface area contributed by atoms with Gasteiger partial charge >= 0.3 is 6.03 Å². The van der Waals surface area contributed by atoms with E-state index in [1.807, 2.05) is 0 Å². The van der Waals surface area contributed by atoms with Gasteiger partial charge in [0.25, 0.3) is 11.8 Å². The zero-order chi connectivity index (χ0) is 16.1. The van der Waals surface area contributed by atoms with Gasteiger partial charge in [0.15, 0.2) is 0 Å². The molecule has 6 nitrogen and oxygen atoms in total. The Morgan fingerprint density at radius 2 is 1.50 bits per heavy atom. The zero-order valence-electron chi connectivity index (χ0n) is 13.0. The highest BCUT2D eigenvalue weighted by Crippen LogP contribution is 2.10. The van der Waals surface area contributed by atoms with Gasteiger partial charge in [-0.2, -0.15) is 0 Å². The van der Waals surface area contributed by atoms with Gasteiger partial charge in [0, 0.05) is 38.3 Å². The van der Waals surface area contributed by atoms with Gasteiger partial charge < -0.3 is 9.80 Å². The number of rotatable bonds is 2. The molecule has 0 aromatic heterocycles. The van der Waals surface area contributed by atoms with E-state index in [1.165, 1.54) is 4.90 Å². The number of carbonyl (C=O) groups is 3. The van der Waals surface area contributed by atoms with Crippen LogP contribution in [0, 0.1) is 0 Å². The summed E-state index contributed by atoms with van der Waals surface area (Å²) in [6.07, 6.45) is 3.07. The lowest BCUT2D eigenvalue weighted by molar-refractivity contribution is 0.0826. The minimum absolute atomic E-state index is 0.128. The van der Waals surface area contributed by atoms with Crippen LogP contribution in [0.15, 0.2) is 24.3 Å². The molecule has 1 aliphatic heterocycles. The maximum Gasteiger partial charge on any atom is 0.324 e. The fourth-order valence-electron chi connectivity index (χ4n) is 2.37. The molecule has 1 aliphatic rings. The van der Waals surface area contributed by atoms with Crippen molar-refractivity contribution in [2.24, 2.45) is 0 Å². The molecule has 118 valence electrons. The Kier molecular flexibility index (Phi) is 5.14. The number of piperidine rings is 1. The van der Waals surface area contributed by atoms with E-state index in [2.05, 4.69) is 5.32 Å². The van der Waals surface area contributed by atoms with Crippen LogP contribution < -0.4 is 5.32 Å². The van der Waals surface area contributed by atoms with Crippen molar-refractivity contribution in [3.8, 4) is 0 Å². The first-order chi connectivity index (χ1) is 10.5. The molecule has 0 radical (unpaired) electrons. The van der Waals surface area contributed by atoms with Crippen molar-refractivity contribution in [1.82, 2.24) is 15.1 Å². The van der Waals surface area contributed by atoms with E-state index >= 15 is 0 Å². The third kappa shape index (κ3) is 3.84. The standard InChI is InChI=1S/C16H21N3O3/c1-18(2)15(21)13-8-6-12(7-9-13)14(20)17-16(22)19-10-4-3-5-11-19/h6-9H,3-5,10-11H2,1-2H3,(H,17,20,22). The van der Waals surface area contributed by atoms with Crippen molar-refractivity contribution in [1.29, 1.82) is 0 Å². The Bertz CT molecular complexity index is 561. The summed E-state index contributed by atoms with van der Waals surface area (Å²) in [6, 6.07) is 5.93. The smallest absolute Gasteiger partial charge is 0.324 e. The molecule has 1 saturated heterocycles. The molecular formula is C16H21N3O3. The number of hydrogen-bond acceptors (Lipinski definition) is 3. The molecule has 2 rings (SSSR count). The van der Waals surface area contributed by atoms with Crippen molar-refractivity contribution >= 4 is 17.8 Å². The molecule has 4 amide bonds. The van der Waals surface area contributed by atoms with E-state index in [4.69, 9.17) is 0 Å². The third-order valence-electron chi connectivity index (χ3n) is 3.66. The van der Waals surface area contributed by atoms with E-state index in [1.54, 1.807) is 43.3 Å². The summed E-state index contributed by atoms with van der Waals surface area (Å²) in [4.78, 5) is 38.9. The first-order valence-electron chi connectivity index (χ1n) is 7.41. The van der Waals surface area contributed by atoms with Gasteiger partial charge in [0.05, 0.1) is 0 Å². The maximum absolute atomic E-state index is 12.1. The third-order valence-corrected chi connectivity index (χ3v) is 3.66. The Morgan fingerprint density at radius 1 is 0.955 bits per heavy atom. The van der Waals surface area contributed by atoms with Crippen LogP contribution in [0.25, 0.3) is 0 Å². The SMILES string of the molecule is CN(C)C(=O)c1ccc(C(=O)NC(=O)N2CCCCC2)cc1. The van der Waals surface area contributed by atoms with Gasteiger partial charge in [-0.1, -0.05) is 0 Å². The highest BCUT2D eigenvalue weighted by atomic mass is 16.2. The molecule has 0 saturated carbocycles. The van der Waals surface area contributed by atoms with Crippen molar-refractivity contribution in [2.45, 2.75) is 19.3 Å². The number of urea groups is 1. The van der Waals surface area contributed by atoms with Gasteiger partial charge in [-0.15, -0.1) is 0 Å². The lowest BCUT2D eigenvalue weighted by atomic mass is 10.1. The fourth-order valence-corrected chi connectivity index (χ4v) is 2.37. The minimum Gasteiger partial charge on any atom is -0.345 e. The first-order valence-corrected chi connectivity index (χ1v) is 7.41. The Hall–Kier alpha value is -2.37.